The quantitative estimate of drug-likeness (QED) is 0.759. The fourth-order valence-electron chi connectivity index (χ4n) is 1.98. The molecule has 98 valence electrons. The standard InChI is InChI=1S/C13H18N2O3/c1-3-18-13(16)11-9-14-10(2)8-12(11)15-4-6-17-7-5-15/h8-9H,3-7H2,1-2H3. The van der Waals surface area contributed by atoms with Gasteiger partial charge >= 0.3 is 5.97 Å². The topological polar surface area (TPSA) is 51.7 Å². The lowest BCUT2D eigenvalue weighted by molar-refractivity contribution is 0.0525. The predicted molar refractivity (Wildman–Crippen MR) is 68.0 cm³/mol. The number of aryl methyl sites for hydroxylation is 1. The van der Waals surface area contributed by atoms with E-state index in [-0.39, 0.29) is 5.97 Å². The Kier molecular flexibility index (Phi) is 4.15. The second-order valence-corrected chi connectivity index (χ2v) is 4.16. The fourth-order valence-corrected chi connectivity index (χ4v) is 1.98. The number of ether oxygens (including phenoxy) is 2. The van der Waals surface area contributed by atoms with Crippen molar-refractivity contribution in [3.8, 4) is 0 Å². The van der Waals surface area contributed by atoms with Crippen molar-refractivity contribution in [2.75, 3.05) is 37.8 Å². The van der Waals surface area contributed by atoms with Gasteiger partial charge in [0.05, 0.1) is 25.5 Å². The Morgan fingerprint density at radius 2 is 2.22 bits per heavy atom. The maximum Gasteiger partial charge on any atom is 0.341 e. The molecule has 0 spiro atoms. The van der Waals surface area contributed by atoms with E-state index in [4.69, 9.17) is 9.47 Å². The number of hydrogen-bond donors (Lipinski definition) is 0. The highest BCUT2D eigenvalue weighted by Crippen LogP contribution is 2.22. The Morgan fingerprint density at radius 1 is 1.50 bits per heavy atom. The number of anilines is 1. The Labute approximate surface area is 107 Å². The summed E-state index contributed by atoms with van der Waals surface area (Å²) in [6, 6.07) is 1.93. The van der Waals surface area contributed by atoms with E-state index < -0.39 is 0 Å². The third-order valence-electron chi connectivity index (χ3n) is 2.87. The number of nitrogens with zero attached hydrogens (tertiary/aromatic N) is 2. The van der Waals surface area contributed by atoms with Crippen molar-refractivity contribution in [2.24, 2.45) is 0 Å². The van der Waals surface area contributed by atoms with Crippen LogP contribution in [0.2, 0.25) is 0 Å². The lowest BCUT2D eigenvalue weighted by Crippen LogP contribution is -2.37. The molecule has 2 heterocycles. The van der Waals surface area contributed by atoms with Crippen LogP contribution < -0.4 is 4.90 Å². The van der Waals surface area contributed by atoms with Gasteiger partial charge in [-0.25, -0.2) is 4.79 Å². The molecule has 0 unspecified atom stereocenters. The Hall–Kier alpha value is -1.62. The molecule has 18 heavy (non-hydrogen) atoms. The largest absolute Gasteiger partial charge is 0.462 e. The number of carbonyl (C=O) groups excluding carboxylic acids is 1. The van der Waals surface area contributed by atoms with Crippen LogP contribution in [-0.2, 0) is 9.47 Å². The minimum Gasteiger partial charge on any atom is -0.462 e. The van der Waals surface area contributed by atoms with Crippen LogP contribution in [0.1, 0.15) is 23.0 Å². The van der Waals surface area contributed by atoms with Gasteiger partial charge in [-0.1, -0.05) is 0 Å². The van der Waals surface area contributed by atoms with E-state index in [2.05, 4.69) is 9.88 Å². The van der Waals surface area contributed by atoms with Gasteiger partial charge in [-0.05, 0) is 19.9 Å². The first-order chi connectivity index (χ1) is 8.72. The summed E-state index contributed by atoms with van der Waals surface area (Å²) in [6.45, 7) is 7.03. The van der Waals surface area contributed by atoms with Gasteiger partial charge in [-0.15, -0.1) is 0 Å². The van der Waals surface area contributed by atoms with Gasteiger partial charge in [-0.2, -0.15) is 0 Å². The Bertz CT molecular complexity index is 428. The average molecular weight is 250 g/mol. The number of carbonyl (C=O) groups is 1. The van der Waals surface area contributed by atoms with Gasteiger partial charge in [0.15, 0.2) is 0 Å². The summed E-state index contributed by atoms with van der Waals surface area (Å²) < 4.78 is 10.4. The Balaban J connectivity index is 2.30. The van der Waals surface area contributed by atoms with Crippen LogP contribution in [0.25, 0.3) is 0 Å². The highest BCUT2D eigenvalue weighted by atomic mass is 16.5. The molecule has 5 heteroatoms. The van der Waals surface area contributed by atoms with Gasteiger partial charge in [-0.3, -0.25) is 4.98 Å². The molecule has 2 rings (SSSR count). The molecule has 1 aliphatic heterocycles. The molecule has 0 amide bonds. The van der Waals surface area contributed by atoms with Crippen LogP contribution in [0.4, 0.5) is 5.69 Å². The van der Waals surface area contributed by atoms with E-state index in [0.29, 0.717) is 25.4 Å². The van der Waals surface area contributed by atoms with E-state index in [1.165, 1.54) is 0 Å². The maximum atomic E-state index is 11.9. The van der Waals surface area contributed by atoms with Gasteiger partial charge < -0.3 is 14.4 Å². The van der Waals surface area contributed by atoms with Gasteiger partial charge in [0.2, 0.25) is 0 Å². The minimum absolute atomic E-state index is 0.313. The van der Waals surface area contributed by atoms with Crippen LogP contribution in [0, 0.1) is 6.92 Å². The van der Waals surface area contributed by atoms with E-state index >= 15 is 0 Å². The summed E-state index contributed by atoms with van der Waals surface area (Å²) in [5.41, 5.74) is 2.32. The predicted octanol–water partition coefficient (Wildman–Crippen LogP) is 1.40. The molecule has 1 fully saturated rings. The second kappa shape index (κ2) is 5.82. The average Bonchev–Trinajstić information content (AvgIpc) is 2.40. The molecular formula is C13H18N2O3. The minimum atomic E-state index is -0.313. The first-order valence-electron chi connectivity index (χ1n) is 6.19. The monoisotopic (exact) mass is 250 g/mol. The van der Waals surface area contributed by atoms with Crippen LogP contribution in [-0.4, -0.2) is 43.9 Å². The maximum absolute atomic E-state index is 11.9. The van der Waals surface area contributed by atoms with Crippen molar-refractivity contribution in [1.29, 1.82) is 0 Å². The van der Waals surface area contributed by atoms with Crippen molar-refractivity contribution >= 4 is 11.7 Å². The smallest absolute Gasteiger partial charge is 0.341 e. The third-order valence-corrected chi connectivity index (χ3v) is 2.87. The molecule has 1 saturated heterocycles. The fraction of sp³-hybridized carbons (Fsp3) is 0.538. The van der Waals surface area contributed by atoms with Crippen molar-refractivity contribution < 1.29 is 14.3 Å². The lowest BCUT2D eigenvalue weighted by Gasteiger charge is -2.30. The van der Waals surface area contributed by atoms with E-state index in [9.17, 15) is 4.79 Å². The SMILES string of the molecule is CCOC(=O)c1cnc(C)cc1N1CCOCC1. The molecular weight excluding hydrogens is 232 g/mol. The van der Waals surface area contributed by atoms with E-state index in [1.54, 1.807) is 13.1 Å². The van der Waals surface area contributed by atoms with E-state index in [1.807, 2.05) is 13.0 Å². The highest BCUT2D eigenvalue weighted by molar-refractivity contribution is 5.95. The summed E-state index contributed by atoms with van der Waals surface area (Å²) >= 11 is 0. The lowest BCUT2D eigenvalue weighted by atomic mass is 10.1. The zero-order valence-electron chi connectivity index (χ0n) is 10.8. The molecule has 0 aliphatic carbocycles. The summed E-state index contributed by atoms with van der Waals surface area (Å²) in [5.74, 6) is -0.313. The zero-order valence-corrected chi connectivity index (χ0v) is 10.8. The summed E-state index contributed by atoms with van der Waals surface area (Å²) in [5, 5.41) is 0. The molecule has 0 bridgehead atoms. The number of rotatable bonds is 3. The highest BCUT2D eigenvalue weighted by Gasteiger charge is 2.20. The van der Waals surface area contributed by atoms with Crippen LogP contribution in [0.15, 0.2) is 12.3 Å². The summed E-state index contributed by atoms with van der Waals surface area (Å²) in [6.07, 6.45) is 1.60. The molecule has 0 N–H and O–H groups in total. The summed E-state index contributed by atoms with van der Waals surface area (Å²) in [4.78, 5) is 18.2. The number of esters is 1. The van der Waals surface area contributed by atoms with Crippen LogP contribution in [0.3, 0.4) is 0 Å². The number of hydrogen-bond acceptors (Lipinski definition) is 5. The first kappa shape index (κ1) is 12.8. The van der Waals surface area contributed by atoms with Crippen LogP contribution >= 0.6 is 0 Å². The van der Waals surface area contributed by atoms with Crippen molar-refractivity contribution in [1.82, 2.24) is 4.98 Å². The number of aromatic nitrogens is 1. The molecule has 1 aliphatic rings. The zero-order chi connectivity index (χ0) is 13.0. The van der Waals surface area contributed by atoms with Crippen molar-refractivity contribution in [3.63, 3.8) is 0 Å². The van der Waals surface area contributed by atoms with Gasteiger partial charge in [0, 0.05) is 25.0 Å². The molecule has 1 aromatic heterocycles. The van der Waals surface area contributed by atoms with E-state index in [0.717, 1.165) is 24.5 Å². The normalized spacial score (nSPS) is 15.6. The molecule has 0 saturated carbocycles. The summed E-state index contributed by atoms with van der Waals surface area (Å²) in [7, 11) is 0. The van der Waals surface area contributed by atoms with Crippen LogP contribution in [0.5, 0.6) is 0 Å². The molecule has 0 atom stereocenters. The van der Waals surface area contributed by atoms with Gasteiger partial charge in [0.25, 0.3) is 0 Å². The molecule has 0 radical (unpaired) electrons. The molecule has 5 nitrogen and oxygen atoms in total. The Morgan fingerprint density at radius 3 is 2.89 bits per heavy atom. The molecule has 0 aromatic carbocycles. The van der Waals surface area contributed by atoms with Crippen molar-refractivity contribution in [2.45, 2.75) is 13.8 Å². The van der Waals surface area contributed by atoms with Crippen molar-refractivity contribution in [3.05, 3.63) is 23.5 Å². The van der Waals surface area contributed by atoms with Gasteiger partial charge in [0.1, 0.15) is 5.56 Å². The third kappa shape index (κ3) is 2.79. The molecule has 1 aromatic rings. The number of pyridine rings is 1. The second-order valence-electron chi connectivity index (χ2n) is 4.16. The number of morpholine rings is 1. The first-order valence-corrected chi connectivity index (χ1v) is 6.19.